The van der Waals surface area contributed by atoms with E-state index in [1.54, 1.807) is 5.01 Å². The minimum Gasteiger partial charge on any atom is -0.340 e. The first kappa shape index (κ1) is 6.07. The number of amides is 1. The molecule has 0 aliphatic carbocycles. The largest absolute Gasteiger partial charge is 0.340 e. The molecule has 4 heteroatoms. The molecule has 0 aromatic rings. The van der Waals surface area contributed by atoms with Crippen molar-refractivity contribution in [2.75, 3.05) is 13.2 Å². The molecular formula is C5H9N3O. The van der Waals surface area contributed by atoms with Crippen molar-refractivity contribution in [3.8, 4) is 0 Å². The van der Waals surface area contributed by atoms with E-state index in [1.807, 2.05) is 6.21 Å². The van der Waals surface area contributed by atoms with Gasteiger partial charge in [0.2, 0.25) is 6.41 Å². The van der Waals surface area contributed by atoms with Crippen molar-refractivity contribution < 1.29 is 4.79 Å². The first-order valence-electron chi connectivity index (χ1n) is 2.88. The fourth-order valence-electron chi connectivity index (χ4n) is 0.700. The highest BCUT2D eigenvalue weighted by molar-refractivity contribution is 5.58. The summed E-state index contributed by atoms with van der Waals surface area (Å²) in [5, 5.41) is 8.28. The second-order valence-corrected chi connectivity index (χ2v) is 1.80. The Bertz CT molecular complexity index is 123. The van der Waals surface area contributed by atoms with Crippen LogP contribution in [0.15, 0.2) is 5.10 Å². The number of hydrazone groups is 1. The molecule has 0 unspecified atom stereocenters. The van der Waals surface area contributed by atoms with E-state index < -0.39 is 0 Å². The molecule has 1 rings (SSSR count). The number of nitrogens with zero attached hydrogens (tertiary/aromatic N) is 2. The third kappa shape index (κ3) is 1.71. The first-order chi connectivity index (χ1) is 4.43. The van der Waals surface area contributed by atoms with E-state index in [1.165, 1.54) is 0 Å². The van der Waals surface area contributed by atoms with Crippen molar-refractivity contribution in [3.05, 3.63) is 0 Å². The predicted molar refractivity (Wildman–Crippen MR) is 33.9 cm³/mol. The summed E-state index contributed by atoms with van der Waals surface area (Å²) in [6.45, 7) is 1.45. The first-order valence-corrected chi connectivity index (χ1v) is 2.88. The second kappa shape index (κ2) is 3.06. The molecule has 0 spiro atoms. The molecule has 0 aromatic heterocycles. The number of rotatable bonds is 3. The van der Waals surface area contributed by atoms with Crippen LogP contribution in [0.25, 0.3) is 0 Å². The predicted octanol–water partition coefficient (Wildman–Crippen LogP) is -0.619. The number of carbonyl (C=O) groups is 1. The van der Waals surface area contributed by atoms with Gasteiger partial charge < -0.3 is 5.32 Å². The van der Waals surface area contributed by atoms with Gasteiger partial charge in [-0.25, -0.2) is 0 Å². The number of hydrogen-bond acceptors (Lipinski definition) is 3. The molecular weight excluding hydrogens is 118 g/mol. The summed E-state index contributed by atoms with van der Waals surface area (Å²) in [5.74, 6) is 0. The molecule has 0 aromatic carbocycles. The number of nitrogens with one attached hydrogen (secondary N) is 1. The Labute approximate surface area is 53.5 Å². The Kier molecular flexibility index (Phi) is 2.06. The van der Waals surface area contributed by atoms with Gasteiger partial charge in [-0.15, -0.1) is 0 Å². The fraction of sp³-hybridized carbons (Fsp3) is 0.600. The zero-order valence-corrected chi connectivity index (χ0v) is 5.08. The molecule has 1 N–H and O–H groups in total. The summed E-state index contributed by atoms with van der Waals surface area (Å²) in [7, 11) is 0. The normalized spacial score (nSPS) is 16.2. The standard InChI is InChI=1S/C5H9N3O/c9-5-6-4-8-3-1-2-7-8/h2,5H,1,3-4H2,(H,6,9). The van der Waals surface area contributed by atoms with Crippen molar-refractivity contribution in [2.45, 2.75) is 6.42 Å². The molecule has 0 bridgehead atoms. The Morgan fingerprint density at radius 2 is 2.78 bits per heavy atom. The fourth-order valence-corrected chi connectivity index (χ4v) is 0.700. The molecule has 0 saturated heterocycles. The van der Waals surface area contributed by atoms with Crippen molar-refractivity contribution in [3.63, 3.8) is 0 Å². The molecule has 0 atom stereocenters. The lowest BCUT2D eigenvalue weighted by Gasteiger charge is -2.10. The van der Waals surface area contributed by atoms with Gasteiger partial charge in [0.25, 0.3) is 0 Å². The molecule has 1 aliphatic rings. The molecule has 50 valence electrons. The average Bonchev–Trinajstić information content (AvgIpc) is 2.34. The van der Waals surface area contributed by atoms with Crippen LogP contribution in [0.3, 0.4) is 0 Å². The van der Waals surface area contributed by atoms with Crippen molar-refractivity contribution in [1.82, 2.24) is 10.3 Å². The van der Waals surface area contributed by atoms with Gasteiger partial charge in [0.15, 0.2) is 0 Å². The smallest absolute Gasteiger partial charge is 0.208 e. The molecule has 0 fully saturated rings. The van der Waals surface area contributed by atoms with Gasteiger partial charge in [-0.2, -0.15) is 5.10 Å². The van der Waals surface area contributed by atoms with E-state index in [0.717, 1.165) is 13.0 Å². The van der Waals surface area contributed by atoms with Gasteiger partial charge >= 0.3 is 0 Å². The third-order valence-electron chi connectivity index (χ3n) is 1.12. The van der Waals surface area contributed by atoms with Crippen LogP contribution in [0.1, 0.15) is 6.42 Å². The van der Waals surface area contributed by atoms with Gasteiger partial charge in [-0.05, 0) is 0 Å². The van der Waals surface area contributed by atoms with E-state index in [-0.39, 0.29) is 0 Å². The minimum absolute atomic E-state index is 0.528. The van der Waals surface area contributed by atoms with E-state index in [4.69, 9.17) is 0 Å². The van der Waals surface area contributed by atoms with Crippen LogP contribution in [-0.4, -0.2) is 30.8 Å². The third-order valence-corrected chi connectivity index (χ3v) is 1.12. The maximum atomic E-state index is 9.77. The molecule has 1 heterocycles. The Hall–Kier alpha value is -1.06. The lowest BCUT2D eigenvalue weighted by atomic mass is 10.5. The lowest BCUT2D eigenvalue weighted by molar-refractivity contribution is -0.110. The summed E-state index contributed by atoms with van der Waals surface area (Å²) in [4.78, 5) is 9.77. The molecule has 0 radical (unpaired) electrons. The highest BCUT2D eigenvalue weighted by Gasteiger charge is 2.02. The Morgan fingerprint density at radius 1 is 1.89 bits per heavy atom. The van der Waals surface area contributed by atoms with Gasteiger partial charge in [-0.1, -0.05) is 0 Å². The zero-order chi connectivity index (χ0) is 6.53. The van der Waals surface area contributed by atoms with Gasteiger partial charge in [0, 0.05) is 19.2 Å². The Morgan fingerprint density at radius 3 is 3.33 bits per heavy atom. The van der Waals surface area contributed by atoms with Crippen LogP contribution in [0, 0.1) is 0 Å². The summed E-state index contributed by atoms with van der Waals surface area (Å²) >= 11 is 0. The zero-order valence-electron chi connectivity index (χ0n) is 5.08. The lowest BCUT2D eigenvalue weighted by Crippen LogP contribution is -2.27. The minimum atomic E-state index is 0.528. The van der Waals surface area contributed by atoms with Crippen molar-refractivity contribution >= 4 is 12.6 Å². The highest BCUT2D eigenvalue weighted by Crippen LogP contribution is 1.95. The van der Waals surface area contributed by atoms with Gasteiger partial charge in [-0.3, -0.25) is 9.80 Å². The van der Waals surface area contributed by atoms with Crippen LogP contribution >= 0.6 is 0 Å². The van der Waals surface area contributed by atoms with E-state index in [0.29, 0.717) is 13.1 Å². The van der Waals surface area contributed by atoms with Crippen LogP contribution in [-0.2, 0) is 4.79 Å². The summed E-state index contributed by atoms with van der Waals surface area (Å²) < 4.78 is 0. The van der Waals surface area contributed by atoms with Crippen LogP contribution in [0.4, 0.5) is 0 Å². The summed E-state index contributed by atoms with van der Waals surface area (Å²) in [6.07, 6.45) is 3.50. The molecule has 1 amide bonds. The summed E-state index contributed by atoms with van der Waals surface area (Å²) in [6, 6.07) is 0. The van der Waals surface area contributed by atoms with Gasteiger partial charge in [0.1, 0.15) is 6.67 Å². The van der Waals surface area contributed by atoms with Crippen LogP contribution in [0.2, 0.25) is 0 Å². The number of carbonyl (C=O) groups excluding carboxylic acids is 1. The average molecular weight is 127 g/mol. The molecule has 0 saturated carbocycles. The van der Waals surface area contributed by atoms with Crippen LogP contribution < -0.4 is 5.32 Å². The maximum absolute atomic E-state index is 9.77. The van der Waals surface area contributed by atoms with Crippen molar-refractivity contribution in [1.29, 1.82) is 0 Å². The quantitative estimate of drug-likeness (QED) is 0.513. The van der Waals surface area contributed by atoms with Crippen molar-refractivity contribution in [2.24, 2.45) is 5.10 Å². The maximum Gasteiger partial charge on any atom is 0.208 e. The summed E-state index contributed by atoms with van der Waals surface area (Å²) in [5.41, 5.74) is 0. The van der Waals surface area contributed by atoms with Gasteiger partial charge in [0.05, 0.1) is 0 Å². The highest BCUT2D eigenvalue weighted by atomic mass is 16.1. The topological polar surface area (TPSA) is 44.7 Å². The van der Waals surface area contributed by atoms with E-state index >= 15 is 0 Å². The number of hydrogen-bond donors (Lipinski definition) is 1. The van der Waals surface area contributed by atoms with E-state index in [9.17, 15) is 4.79 Å². The Balaban J connectivity index is 2.12. The van der Waals surface area contributed by atoms with E-state index in [2.05, 4.69) is 10.4 Å². The molecule has 9 heavy (non-hydrogen) atoms. The SMILES string of the molecule is O=CNCN1CCC=N1. The monoisotopic (exact) mass is 127 g/mol. The molecule has 4 nitrogen and oxygen atoms in total. The second-order valence-electron chi connectivity index (χ2n) is 1.80. The van der Waals surface area contributed by atoms with Crippen LogP contribution in [0.5, 0.6) is 0 Å². The molecule has 1 aliphatic heterocycles.